The lowest BCUT2D eigenvalue weighted by Crippen LogP contribution is -2.11. The summed E-state index contributed by atoms with van der Waals surface area (Å²) in [6.07, 6.45) is 0.856. The summed E-state index contributed by atoms with van der Waals surface area (Å²) in [4.78, 5) is 0. The summed E-state index contributed by atoms with van der Waals surface area (Å²) in [5, 5.41) is 17.5. The molecule has 0 aliphatic carbocycles. The van der Waals surface area contributed by atoms with Gasteiger partial charge in [-0.3, -0.25) is 0 Å². The fourth-order valence-corrected chi connectivity index (χ4v) is 2.31. The van der Waals surface area contributed by atoms with Crippen LogP contribution in [-0.2, 0) is 5.41 Å². The molecule has 0 aliphatic heterocycles. The van der Waals surface area contributed by atoms with E-state index in [0.717, 1.165) is 17.9 Å². The van der Waals surface area contributed by atoms with Crippen LogP contribution in [0.3, 0.4) is 0 Å². The van der Waals surface area contributed by atoms with Crippen LogP contribution in [0.2, 0.25) is 0 Å². The van der Waals surface area contributed by atoms with E-state index in [1.807, 2.05) is 32.9 Å². The van der Waals surface area contributed by atoms with Crippen molar-refractivity contribution in [1.29, 1.82) is 5.26 Å². The second-order valence-electron chi connectivity index (χ2n) is 5.81. The van der Waals surface area contributed by atoms with E-state index in [9.17, 15) is 0 Å². The van der Waals surface area contributed by atoms with Gasteiger partial charge in [-0.25, -0.2) is 0 Å². The SMILES string of the molecule is CC(C)(C)c1nnc(SCCCOc2cccc(C#N)c2)o1. The molecule has 0 aliphatic rings. The van der Waals surface area contributed by atoms with Gasteiger partial charge >= 0.3 is 0 Å². The maximum atomic E-state index is 8.82. The molecule has 0 N–H and O–H groups in total. The van der Waals surface area contributed by atoms with Crippen LogP contribution in [0.15, 0.2) is 33.9 Å². The van der Waals surface area contributed by atoms with Crippen LogP contribution in [0.25, 0.3) is 0 Å². The van der Waals surface area contributed by atoms with Crippen molar-refractivity contribution in [2.24, 2.45) is 0 Å². The smallest absolute Gasteiger partial charge is 0.276 e. The Morgan fingerprint density at radius 2 is 2.14 bits per heavy atom. The van der Waals surface area contributed by atoms with E-state index < -0.39 is 0 Å². The van der Waals surface area contributed by atoms with Crippen molar-refractivity contribution in [3.63, 3.8) is 0 Å². The van der Waals surface area contributed by atoms with Gasteiger partial charge in [-0.15, -0.1) is 10.2 Å². The molecule has 0 bridgehead atoms. The maximum absolute atomic E-state index is 8.82. The first-order valence-electron chi connectivity index (χ1n) is 7.09. The Morgan fingerprint density at radius 3 is 2.82 bits per heavy atom. The summed E-state index contributed by atoms with van der Waals surface area (Å²) in [5.74, 6) is 2.21. The predicted molar refractivity (Wildman–Crippen MR) is 85.0 cm³/mol. The number of aromatic nitrogens is 2. The number of ether oxygens (including phenoxy) is 1. The van der Waals surface area contributed by atoms with Crippen LogP contribution < -0.4 is 4.74 Å². The Labute approximate surface area is 134 Å². The Morgan fingerprint density at radius 1 is 1.32 bits per heavy atom. The summed E-state index contributed by atoms with van der Waals surface area (Å²) in [6, 6.07) is 9.25. The van der Waals surface area contributed by atoms with Crippen molar-refractivity contribution in [3.05, 3.63) is 35.7 Å². The number of rotatable bonds is 6. The highest BCUT2D eigenvalue weighted by atomic mass is 32.2. The van der Waals surface area contributed by atoms with Crippen LogP contribution >= 0.6 is 11.8 Å². The Kier molecular flexibility index (Phi) is 5.45. The van der Waals surface area contributed by atoms with Crippen molar-refractivity contribution in [3.8, 4) is 11.8 Å². The molecule has 1 heterocycles. The molecule has 0 unspecified atom stereocenters. The summed E-state index contributed by atoms with van der Waals surface area (Å²) >= 11 is 1.53. The lowest BCUT2D eigenvalue weighted by atomic mass is 9.97. The quantitative estimate of drug-likeness (QED) is 0.596. The molecule has 0 saturated heterocycles. The number of nitriles is 1. The zero-order valence-electron chi connectivity index (χ0n) is 13.0. The maximum Gasteiger partial charge on any atom is 0.276 e. The standard InChI is InChI=1S/C16H19N3O2S/c1-16(2,3)14-18-19-15(21-14)22-9-5-8-20-13-7-4-6-12(10-13)11-17/h4,6-7,10H,5,8-9H2,1-3H3. The molecule has 0 spiro atoms. The molecule has 1 aromatic heterocycles. The normalized spacial score (nSPS) is 11.2. The van der Waals surface area contributed by atoms with E-state index >= 15 is 0 Å². The average molecular weight is 317 g/mol. The van der Waals surface area contributed by atoms with Crippen LogP contribution in [0, 0.1) is 11.3 Å². The highest BCUT2D eigenvalue weighted by molar-refractivity contribution is 7.99. The van der Waals surface area contributed by atoms with Gasteiger partial charge in [-0.2, -0.15) is 5.26 Å². The molecular formula is C16H19N3O2S. The number of thioether (sulfide) groups is 1. The minimum Gasteiger partial charge on any atom is -0.494 e. The molecule has 0 saturated carbocycles. The third-order valence-electron chi connectivity index (χ3n) is 2.79. The first-order valence-corrected chi connectivity index (χ1v) is 8.07. The molecule has 0 radical (unpaired) electrons. The number of benzene rings is 1. The second kappa shape index (κ2) is 7.32. The van der Waals surface area contributed by atoms with Gasteiger partial charge in [0.15, 0.2) is 0 Å². The third-order valence-corrected chi connectivity index (χ3v) is 3.70. The molecule has 2 rings (SSSR count). The second-order valence-corrected chi connectivity index (χ2v) is 6.86. The van der Waals surface area contributed by atoms with E-state index in [4.69, 9.17) is 14.4 Å². The van der Waals surface area contributed by atoms with E-state index in [2.05, 4.69) is 16.3 Å². The topological polar surface area (TPSA) is 71.9 Å². The molecule has 0 amide bonds. The van der Waals surface area contributed by atoms with Crippen molar-refractivity contribution < 1.29 is 9.15 Å². The summed E-state index contributed by atoms with van der Waals surface area (Å²) < 4.78 is 11.2. The molecule has 1 aromatic carbocycles. The Hall–Kier alpha value is -2.00. The lowest BCUT2D eigenvalue weighted by Gasteiger charge is -2.10. The van der Waals surface area contributed by atoms with Gasteiger partial charge in [-0.1, -0.05) is 38.6 Å². The Bertz CT molecular complexity index is 656. The van der Waals surface area contributed by atoms with Crippen LogP contribution in [-0.4, -0.2) is 22.6 Å². The van der Waals surface area contributed by atoms with Crippen LogP contribution in [0.1, 0.15) is 38.6 Å². The zero-order chi connectivity index (χ0) is 16.0. The Balaban J connectivity index is 1.71. The summed E-state index contributed by atoms with van der Waals surface area (Å²) in [7, 11) is 0. The molecule has 116 valence electrons. The van der Waals surface area contributed by atoms with Gasteiger partial charge in [0.1, 0.15) is 5.75 Å². The molecule has 5 nitrogen and oxygen atoms in total. The highest BCUT2D eigenvalue weighted by Gasteiger charge is 2.21. The van der Waals surface area contributed by atoms with Crippen molar-refractivity contribution >= 4 is 11.8 Å². The van der Waals surface area contributed by atoms with E-state index in [1.165, 1.54) is 11.8 Å². The van der Waals surface area contributed by atoms with Gasteiger partial charge < -0.3 is 9.15 Å². The van der Waals surface area contributed by atoms with Crippen molar-refractivity contribution in [2.75, 3.05) is 12.4 Å². The van der Waals surface area contributed by atoms with Crippen molar-refractivity contribution in [2.45, 2.75) is 37.8 Å². The van der Waals surface area contributed by atoms with Gasteiger partial charge in [0, 0.05) is 11.2 Å². The van der Waals surface area contributed by atoms with E-state index in [1.54, 1.807) is 12.1 Å². The number of nitrogens with zero attached hydrogens (tertiary/aromatic N) is 3. The first kappa shape index (κ1) is 16.4. The van der Waals surface area contributed by atoms with Gasteiger partial charge in [-0.05, 0) is 24.6 Å². The van der Waals surface area contributed by atoms with Crippen LogP contribution in [0.4, 0.5) is 0 Å². The van der Waals surface area contributed by atoms with Crippen LogP contribution in [0.5, 0.6) is 5.75 Å². The number of hydrogen-bond donors (Lipinski definition) is 0. The minimum absolute atomic E-state index is 0.124. The predicted octanol–water partition coefficient (Wildman–Crippen LogP) is 3.80. The summed E-state index contributed by atoms with van der Waals surface area (Å²) in [5.41, 5.74) is 0.480. The van der Waals surface area contributed by atoms with Gasteiger partial charge in [0.25, 0.3) is 5.22 Å². The van der Waals surface area contributed by atoms with E-state index in [0.29, 0.717) is 23.3 Å². The van der Waals surface area contributed by atoms with Crippen molar-refractivity contribution in [1.82, 2.24) is 10.2 Å². The molecule has 2 aromatic rings. The fraction of sp³-hybridized carbons (Fsp3) is 0.438. The zero-order valence-corrected chi connectivity index (χ0v) is 13.8. The van der Waals surface area contributed by atoms with Gasteiger partial charge in [0.2, 0.25) is 5.89 Å². The molecule has 0 atom stereocenters. The molecular weight excluding hydrogens is 298 g/mol. The fourth-order valence-electron chi connectivity index (χ4n) is 1.64. The molecule has 0 fully saturated rings. The number of hydrogen-bond acceptors (Lipinski definition) is 6. The lowest BCUT2D eigenvalue weighted by molar-refractivity contribution is 0.318. The summed E-state index contributed by atoms with van der Waals surface area (Å²) in [6.45, 7) is 6.70. The van der Waals surface area contributed by atoms with Gasteiger partial charge in [0.05, 0.1) is 18.2 Å². The highest BCUT2D eigenvalue weighted by Crippen LogP contribution is 2.24. The monoisotopic (exact) mass is 317 g/mol. The average Bonchev–Trinajstić information content (AvgIpc) is 2.96. The van der Waals surface area contributed by atoms with E-state index in [-0.39, 0.29) is 5.41 Å². The third kappa shape index (κ3) is 4.78. The largest absolute Gasteiger partial charge is 0.494 e. The first-order chi connectivity index (χ1) is 10.5. The molecule has 6 heteroatoms. The molecule has 22 heavy (non-hydrogen) atoms. The minimum atomic E-state index is -0.124.